The van der Waals surface area contributed by atoms with E-state index in [4.69, 9.17) is 0 Å². The van der Waals surface area contributed by atoms with E-state index >= 15 is 0 Å². The number of nitro groups is 1. The van der Waals surface area contributed by atoms with E-state index in [2.05, 4.69) is 20.9 Å². The third kappa shape index (κ3) is 8.79. The van der Waals surface area contributed by atoms with E-state index in [1.807, 2.05) is 24.3 Å². The average molecular weight is 540 g/mol. The maximum atomic E-state index is 12.1. The van der Waals surface area contributed by atoms with Gasteiger partial charge in [-0.25, -0.2) is 0 Å². The van der Waals surface area contributed by atoms with Crippen molar-refractivity contribution in [3.63, 3.8) is 0 Å². The molecule has 0 aliphatic heterocycles. The lowest BCUT2D eigenvalue weighted by atomic mass is 10.1. The van der Waals surface area contributed by atoms with Crippen LogP contribution in [0.4, 0.5) is 11.4 Å². The minimum atomic E-state index is -0.419. The van der Waals surface area contributed by atoms with Gasteiger partial charge in [0.15, 0.2) is 5.96 Å². The Bertz CT molecular complexity index is 887. The molecule has 0 bridgehead atoms. The molecule has 0 spiro atoms. The molecule has 0 aliphatic carbocycles. The number of nitrogens with zero attached hydrogens (tertiary/aromatic N) is 3. The Balaban J connectivity index is 0.00000480. The van der Waals surface area contributed by atoms with Crippen molar-refractivity contribution in [2.24, 2.45) is 4.99 Å². The van der Waals surface area contributed by atoms with Gasteiger partial charge in [0, 0.05) is 64.2 Å². The number of amides is 1. The van der Waals surface area contributed by atoms with E-state index in [1.165, 1.54) is 12.1 Å². The second-order valence-electron chi connectivity index (χ2n) is 6.81. The van der Waals surface area contributed by atoms with Gasteiger partial charge in [-0.15, -0.1) is 24.0 Å². The summed E-state index contributed by atoms with van der Waals surface area (Å²) in [7, 11) is 5.18. The molecule has 9 nitrogen and oxygen atoms in total. The standard InChI is InChI=1S/C21H28N6O3.HI/c1-22-21(25-14-13-23-18-7-9-19(10-8-18)27(29)30)24-12-11-16-5-4-6-17(15-16)20(28)26(2)3;/h4-10,15,23H,11-14H2,1-3H3,(H2,22,24,25);1H. The highest BCUT2D eigenvalue weighted by Crippen LogP contribution is 2.14. The molecule has 0 aliphatic rings. The summed E-state index contributed by atoms with van der Waals surface area (Å²) in [6, 6.07) is 13.9. The van der Waals surface area contributed by atoms with Gasteiger partial charge in [-0.05, 0) is 36.2 Å². The molecule has 2 rings (SSSR count). The number of rotatable bonds is 9. The highest BCUT2D eigenvalue weighted by Gasteiger charge is 2.08. The molecule has 0 unspecified atom stereocenters. The first kappa shape index (κ1) is 26.1. The fourth-order valence-electron chi connectivity index (χ4n) is 2.75. The van der Waals surface area contributed by atoms with Crippen LogP contribution in [0.25, 0.3) is 0 Å². The highest BCUT2D eigenvalue weighted by molar-refractivity contribution is 14.0. The van der Waals surface area contributed by atoms with Crippen LogP contribution < -0.4 is 16.0 Å². The van der Waals surface area contributed by atoms with Crippen molar-refractivity contribution >= 4 is 47.2 Å². The van der Waals surface area contributed by atoms with Crippen LogP contribution in [0, 0.1) is 10.1 Å². The molecule has 0 saturated carbocycles. The fourth-order valence-corrected chi connectivity index (χ4v) is 2.75. The van der Waals surface area contributed by atoms with Gasteiger partial charge >= 0.3 is 0 Å². The molecule has 2 aromatic carbocycles. The molecule has 10 heteroatoms. The highest BCUT2D eigenvalue weighted by atomic mass is 127. The van der Waals surface area contributed by atoms with Crippen LogP contribution >= 0.6 is 24.0 Å². The fraction of sp³-hybridized carbons (Fsp3) is 0.333. The number of hydrogen-bond donors (Lipinski definition) is 3. The molecule has 0 atom stereocenters. The summed E-state index contributed by atoms with van der Waals surface area (Å²) in [4.78, 5) is 28.1. The third-order valence-corrected chi connectivity index (χ3v) is 4.33. The van der Waals surface area contributed by atoms with Gasteiger partial charge < -0.3 is 20.9 Å². The molecule has 0 radical (unpaired) electrons. The van der Waals surface area contributed by atoms with Gasteiger partial charge in [-0.3, -0.25) is 19.9 Å². The van der Waals surface area contributed by atoms with Crippen LogP contribution in [-0.4, -0.2) is 62.5 Å². The van der Waals surface area contributed by atoms with E-state index in [1.54, 1.807) is 38.2 Å². The van der Waals surface area contributed by atoms with Gasteiger partial charge in [-0.2, -0.15) is 0 Å². The second kappa shape index (κ2) is 13.4. The molecule has 1 amide bonds. The Kier molecular flexibility index (Phi) is 11.3. The average Bonchev–Trinajstić information content (AvgIpc) is 2.75. The van der Waals surface area contributed by atoms with Crippen LogP contribution in [0.15, 0.2) is 53.5 Å². The number of guanidine groups is 1. The largest absolute Gasteiger partial charge is 0.383 e. The van der Waals surface area contributed by atoms with E-state index in [9.17, 15) is 14.9 Å². The van der Waals surface area contributed by atoms with Crippen LogP contribution in [-0.2, 0) is 6.42 Å². The number of aliphatic imine (C=N–C) groups is 1. The summed E-state index contributed by atoms with van der Waals surface area (Å²) in [6.07, 6.45) is 0.760. The summed E-state index contributed by atoms with van der Waals surface area (Å²) < 4.78 is 0. The lowest BCUT2D eigenvalue weighted by molar-refractivity contribution is -0.384. The van der Waals surface area contributed by atoms with E-state index in [0.717, 1.165) is 17.7 Å². The topological polar surface area (TPSA) is 112 Å². The van der Waals surface area contributed by atoms with Crippen molar-refractivity contribution in [1.29, 1.82) is 0 Å². The van der Waals surface area contributed by atoms with Crippen molar-refractivity contribution < 1.29 is 9.72 Å². The first-order valence-corrected chi connectivity index (χ1v) is 9.64. The minimum Gasteiger partial charge on any atom is -0.383 e. The van der Waals surface area contributed by atoms with Crippen molar-refractivity contribution in [2.45, 2.75) is 6.42 Å². The van der Waals surface area contributed by atoms with E-state index in [0.29, 0.717) is 31.2 Å². The molecule has 168 valence electrons. The first-order valence-electron chi connectivity index (χ1n) is 9.64. The molecular weight excluding hydrogens is 511 g/mol. The Morgan fingerprint density at radius 3 is 2.35 bits per heavy atom. The monoisotopic (exact) mass is 540 g/mol. The minimum absolute atomic E-state index is 0. The smallest absolute Gasteiger partial charge is 0.269 e. The predicted molar refractivity (Wildman–Crippen MR) is 135 cm³/mol. The number of non-ortho nitro benzene ring substituents is 1. The van der Waals surface area contributed by atoms with Crippen molar-refractivity contribution in [3.8, 4) is 0 Å². The van der Waals surface area contributed by atoms with E-state index < -0.39 is 4.92 Å². The lowest BCUT2D eigenvalue weighted by Crippen LogP contribution is -2.40. The number of carbonyl (C=O) groups is 1. The van der Waals surface area contributed by atoms with Gasteiger partial charge in [0.2, 0.25) is 0 Å². The Morgan fingerprint density at radius 1 is 1.06 bits per heavy atom. The number of carbonyl (C=O) groups excluding carboxylic acids is 1. The maximum absolute atomic E-state index is 12.1. The Labute approximate surface area is 199 Å². The second-order valence-corrected chi connectivity index (χ2v) is 6.81. The van der Waals surface area contributed by atoms with Crippen LogP contribution in [0.2, 0.25) is 0 Å². The third-order valence-electron chi connectivity index (χ3n) is 4.33. The van der Waals surface area contributed by atoms with Crippen LogP contribution in [0.1, 0.15) is 15.9 Å². The van der Waals surface area contributed by atoms with Gasteiger partial charge in [0.05, 0.1) is 4.92 Å². The zero-order valence-electron chi connectivity index (χ0n) is 17.9. The molecule has 3 N–H and O–H groups in total. The predicted octanol–water partition coefficient (Wildman–Crippen LogP) is 2.73. The quantitative estimate of drug-likeness (QED) is 0.113. The summed E-state index contributed by atoms with van der Waals surface area (Å²) in [5.74, 6) is 0.670. The zero-order valence-corrected chi connectivity index (χ0v) is 20.3. The lowest BCUT2D eigenvalue weighted by Gasteiger charge is -2.14. The molecule has 0 aromatic heterocycles. The number of benzene rings is 2. The van der Waals surface area contributed by atoms with Crippen LogP contribution in [0.3, 0.4) is 0 Å². The van der Waals surface area contributed by atoms with Gasteiger partial charge in [0.1, 0.15) is 0 Å². The van der Waals surface area contributed by atoms with Crippen molar-refractivity contribution in [1.82, 2.24) is 15.5 Å². The SMILES string of the molecule is CN=C(NCCNc1ccc([N+](=O)[O-])cc1)NCCc1cccc(C(=O)N(C)C)c1.I. The Hall–Kier alpha value is -2.89. The summed E-state index contributed by atoms with van der Waals surface area (Å²) >= 11 is 0. The Morgan fingerprint density at radius 2 is 1.74 bits per heavy atom. The van der Waals surface area contributed by atoms with E-state index in [-0.39, 0.29) is 35.6 Å². The first-order chi connectivity index (χ1) is 14.4. The van der Waals surface area contributed by atoms with Gasteiger partial charge in [0.25, 0.3) is 11.6 Å². The molecule has 0 fully saturated rings. The molecule has 2 aromatic rings. The van der Waals surface area contributed by atoms with Crippen LogP contribution in [0.5, 0.6) is 0 Å². The van der Waals surface area contributed by atoms with Gasteiger partial charge in [-0.1, -0.05) is 12.1 Å². The molecule has 0 heterocycles. The van der Waals surface area contributed by atoms with Crippen molar-refractivity contribution in [3.05, 3.63) is 69.8 Å². The molecule has 0 saturated heterocycles. The van der Waals surface area contributed by atoms with Crippen molar-refractivity contribution in [2.75, 3.05) is 46.1 Å². The number of hydrogen-bond acceptors (Lipinski definition) is 5. The number of nitrogens with one attached hydrogen (secondary N) is 3. The maximum Gasteiger partial charge on any atom is 0.269 e. The summed E-state index contributed by atoms with van der Waals surface area (Å²) in [5.41, 5.74) is 2.64. The number of halogens is 1. The molecular formula is C21H29IN6O3. The number of anilines is 1. The zero-order chi connectivity index (χ0) is 21.9. The summed E-state index contributed by atoms with van der Waals surface area (Å²) in [5, 5.41) is 20.3. The summed E-state index contributed by atoms with van der Waals surface area (Å²) in [6.45, 7) is 1.94. The normalized spacial score (nSPS) is 10.6. The number of nitro benzene ring substituents is 1. The molecule has 31 heavy (non-hydrogen) atoms.